The lowest BCUT2D eigenvalue weighted by Crippen LogP contribution is -2.39. The number of hydrogen-bond donors (Lipinski definition) is 2. The fourth-order valence-corrected chi connectivity index (χ4v) is 4.82. The molecule has 168 valence electrons. The van der Waals surface area contributed by atoms with E-state index in [1.165, 1.54) is 29.7 Å². The van der Waals surface area contributed by atoms with Crippen molar-refractivity contribution in [3.8, 4) is 11.3 Å². The minimum absolute atomic E-state index is 0. The van der Waals surface area contributed by atoms with Crippen molar-refractivity contribution in [1.29, 1.82) is 0 Å². The lowest BCUT2D eigenvalue weighted by atomic mass is 9.94. The van der Waals surface area contributed by atoms with Gasteiger partial charge in [-0.3, -0.25) is 4.98 Å². The molecular formula is C23H19Cl2F3N2OS. The number of benzene rings is 2. The summed E-state index contributed by atoms with van der Waals surface area (Å²) in [6.07, 6.45) is -3.54. The van der Waals surface area contributed by atoms with Crippen LogP contribution in [0.15, 0.2) is 66.9 Å². The van der Waals surface area contributed by atoms with Gasteiger partial charge in [-0.05, 0) is 47.7 Å². The van der Waals surface area contributed by atoms with Crippen molar-refractivity contribution in [3.63, 3.8) is 0 Å². The van der Waals surface area contributed by atoms with Crippen LogP contribution in [0.1, 0.15) is 29.0 Å². The van der Waals surface area contributed by atoms with Gasteiger partial charge in [0.15, 0.2) is 5.60 Å². The van der Waals surface area contributed by atoms with Crippen molar-refractivity contribution in [2.24, 2.45) is 5.73 Å². The lowest BCUT2D eigenvalue weighted by Gasteiger charge is -2.26. The van der Waals surface area contributed by atoms with E-state index in [0.717, 1.165) is 27.5 Å². The summed E-state index contributed by atoms with van der Waals surface area (Å²) in [5, 5.41) is 11.5. The molecule has 0 aliphatic rings. The van der Waals surface area contributed by atoms with E-state index in [4.69, 9.17) is 17.3 Å². The van der Waals surface area contributed by atoms with Gasteiger partial charge in [0.2, 0.25) is 0 Å². The van der Waals surface area contributed by atoms with Gasteiger partial charge in [-0.15, -0.1) is 23.7 Å². The Morgan fingerprint density at radius 1 is 1.06 bits per heavy atom. The van der Waals surface area contributed by atoms with E-state index in [-0.39, 0.29) is 18.0 Å². The average molecular weight is 499 g/mol. The molecule has 0 fully saturated rings. The Labute approximate surface area is 198 Å². The predicted molar refractivity (Wildman–Crippen MR) is 125 cm³/mol. The van der Waals surface area contributed by atoms with E-state index < -0.39 is 17.8 Å². The van der Waals surface area contributed by atoms with Crippen molar-refractivity contribution in [3.05, 3.63) is 87.9 Å². The van der Waals surface area contributed by atoms with E-state index in [0.29, 0.717) is 16.3 Å². The van der Waals surface area contributed by atoms with Crippen LogP contribution in [0.25, 0.3) is 21.3 Å². The summed E-state index contributed by atoms with van der Waals surface area (Å²) in [5.41, 5.74) is 5.00. The second-order valence-electron chi connectivity index (χ2n) is 7.37. The SMILES string of the molecule is C[C@](O)(c1ccnc(-c2cccc3cc([C@@H](N)c4ccccc4Cl)sc23)c1)C(F)(F)F.Cl. The molecule has 0 aliphatic heterocycles. The number of rotatable bonds is 4. The first-order valence-electron chi connectivity index (χ1n) is 9.38. The predicted octanol–water partition coefficient (Wildman–Crippen LogP) is 6.86. The smallest absolute Gasteiger partial charge is 0.376 e. The molecule has 2 aromatic carbocycles. The monoisotopic (exact) mass is 498 g/mol. The maximum Gasteiger partial charge on any atom is 0.421 e. The van der Waals surface area contributed by atoms with Crippen LogP contribution in [0.5, 0.6) is 0 Å². The lowest BCUT2D eigenvalue weighted by molar-refractivity contribution is -0.258. The molecule has 0 saturated heterocycles. The standard InChI is InChI=1S/C23H18ClF3N2OS.ClH/c1-22(30,23(25,26)27)14-9-10-29-18(12-14)16-7-4-5-13-11-19(31-21(13)16)20(28)15-6-2-3-8-17(15)24;/h2-12,20,30H,28H2,1H3;1H/t20-,22-;/m0./s1. The molecule has 0 spiro atoms. The fraction of sp³-hybridized carbons (Fsp3) is 0.174. The second kappa shape index (κ2) is 9.00. The van der Waals surface area contributed by atoms with E-state index >= 15 is 0 Å². The van der Waals surface area contributed by atoms with Crippen LogP contribution in [0.2, 0.25) is 5.02 Å². The van der Waals surface area contributed by atoms with Gasteiger partial charge in [0.05, 0.1) is 11.7 Å². The van der Waals surface area contributed by atoms with Crippen molar-refractivity contribution in [2.75, 3.05) is 0 Å². The number of halogens is 5. The summed E-state index contributed by atoms with van der Waals surface area (Å²) in [6, 6.07) is 16.8. The third kappa shape index (κ3) is 4.36. The number of aromatic nitrogens is 1. The van der Waals surface area contributed by atoms with Gasteiger partial charge in [-0.1, -0.05) is 48.0 Å². The van der Waals surface area contributed by atoms with Gasteiger partial charge in [0, 0.05) is 26.4 Å². The Morgan fingerprint density at radius 2 is 1.78 bits per heavy atom. The summed E-state index contributed by atoms with van der Waals surface area (Å²) >= 11 is 7.73. The van der Waals surface area contributed by atoms with Crippen LogP contribution in [0.4, 0.5) is 13.2 Å². The Kier molecular flexibility index (Phi) is 6.88. The topological polar surface area (TPSA) is 59.1 Å². The zero-order chi connectivity index (χ0) is 22.4. The van der Waals surface area contributed by atoms with Crippen molar-refractivity contribution in [1.82, 2.24) is 4.98 Å². The maximum atomic E-state index is 13.3. The fourth-order valence-electron chi connectivity index (χ4n) is 3.36. The molecule has 3 nitrogen and oxygen atoms in total. The number of thiophene rings is 1. The van der Waals surface area contributed by atoms with E-state index in [9.17, 15) is 18.3 Å². The number of fused-ring (bicyclic) bond motifs is 1. The Morgan fingerprint density at radius 3 is 2.47 bits per heavy atom. The minimum atomic E-state index is -4.81. The van der Waals surface area contributed by atoms with Gasteiger partial charge in [0.1, 0.15) is 0 Å². The molecule has 3 N–H and O–H groups in total. The zero-order valence-electron chi connectivity index (χ0n) is 16.7. The first-order valence-corrected chi connectivity index (χ1v) is 10.6. The highest BCUT2D eigenvalue weighted by atomic mass is 35.5. The van der Waals surface area contributed by atoms with E-state index in [1.54, 1.807) is 12.1 Å². The first kappa shape index (κ1) is 24.5. The van der Waals surface area contributed by atoms with Crippen LogP contribution >= 0.6 is 35.3 Å². The number of alkyl halides is 3. The molecule has 4 aromatic rings. The summed E-state index contributed by atoms with van der Waals surface area (Å²) in [7, 11) is 0. The highest BCUT2D eigenvalue weighted by Crippen LogP contribution is 2.41. The van der Waals surface area contributed by atoms with Crippen LogP contribution in [-0.4, -0.2) is 16.3 Å². The summed E-state index contributed by atoms with van der Waals surface area (Å²) in [4.78, 5) is 5.13. The molecule has 0 unspecified atom stereocenters. The molecule has 2 heterocycles. The first-order chi connectivity index (χ1) is 14.6. The molecule has 0 aliphatic carbocycles. The highest BCUT2D eigenvalue weighted by Gasteiger charge is 2.51. The molecule has 0 amide bonds. The molecule has 4 rings (SSSR count). The van der Waals surface area contributed by atoms with Gasteiger partial charge >= 0.3 is 6.18 Å². The number of hydrogen-bond acceptors (Lipinski definition) is 4. The molecular weight excluding hydrogens is 480 g/mol. The third-order valence-corrected chi connectivity index (χ3v) is 6.87. The molecule has 9 heteroatoms. The Balaban J connectivity index is 0.00000289. The average Bonchev–Trinajstić information content (AvgIpc) is 3.17. The normalized spacial score (nSPS) is 14.6. The Bertz CT molecular complexity index is 1260. The second-order valence-corrected chi connectivity index (χ2v) is 8.86. The van der Waals surface area contributed by atoms with Crippen LogP contribution in [-0.2, 0) is 5.60 Å². The van der Waals surface area contributed by atoms with E-state index in [1.807, 2.05) is 36.4 Å². The number of nitrogens with two attached hydrogens (primary N) is 1. The van der Waals surface area contributed by atoms with Crippen molar-refractivity contribution in [2.45, 2.75) is 24.7 Å². The third-order valence-electron chi connectivity index (χ3n) is 5.26. The molecule has 2 aromatic heterocycles. The number of aliphatic hydroxyl groups is 1. The molecule has 32 heavy (non-hydrogen) atoms. The van der Waals surface area contributed by atoms with Crippen LogP contribution in [0, 0.1) is 0 Å². The largest absolute Gasteiger partial charge is 0.421 e. The van der Waals surface area contributed by atoms with Crippen LogP contribution in [0.3, 0.4) is 0 Å². The maximum absolute atomic E-state index is 13.3. The summed E-state index contributed by atoms with van der Waals surface area (Å²) in [6.45, 7) is 0.735. The number of nitrogens with zero attached hydrogens (tertiary/aromatic N) is 1. The summed E-state index contributed by atoms with van der Waals surface area (Å²) < 4.78 is 40.7. The molecule has 0 saturated carbocycles. The summed E-state index contributed by atoms with van der Waals surface area (Å²) in [5.74, 6) is 0. The van der Waals surface area contributed by atoms with Crippen LogP contribution < -0.4 is 5.73 Å². The van der Waals surface area contributed by atoms with Gasteiger partial charge < -0.3 is 10.8 Å². The minimum Gasteiger partial charge on any atom is -0.376 e. The Hall–Kier alpha value is -2.16. The number of pyridine rings is 1. The zero-order valence-corrected chi connectivity index (χ0v) is 19.1. The van der Waals surface area contributed by atoms with Crippen molar-refractivity contribution >= 4 is 45.4 Å². The quantitative estimate of drug-likeness (QED) is 0.323. The van der Waals surface area contributed by atoms with E-state index in [2.05, 4.69) is 4.98 Å². The molecule has 0 radical (unpaired) electrons. The molecule has 0 bridgehead atoms. The van der Waals surface area contributed by atoms with Crippen molar-refractivity contribution < 1.29 is 18.3 Å². The highest BCUT2D eigenvalue weighted by molar-refractivity contribution is 7.19. The van der Waals surface area contributed by atoms with Gasteiger partial charge in [-0.25, -0.2) is 0 Å². The van der Waals surface area contributed by atoms with Gasteiger partial charge in [-0.2, -0.15) is 13.2 Å². The molecule has 2 atom stereocenters. The van der Waals surface area contributed by atoms with Gasteiger partial charge in [0.25, 0.3) is 0 Å².